The van der Waals surface area contributed by atoms with E-state index >= 15 is 0 Å². The van der Waals surface area contributed by atoms with Crippen molar-refractivity contribution >= 4 is 5.91 Å². The van der Waals surface area contributed by atoms with Gasteiger partial charge in [-0.25, -0.2) is 18.6 Å². The molecule has 0 saturated carbocycles. The molecule has 1 amide bonds. The Hall–Kier alpha value is -1.60. The molecular weight excluding hydrogens is 271 g/mol. The van der Waals surface area contributed by atoms with Crippen molar-refractivity contribution in [3.05, 3.63) is 35.1 Å². The quantitative estimate of drug-likeness (QED) is 0.815. The van der Waals surface area contributed by atoms with Crippen molar-refractivity contribution in [2.75, 3.05) is 13.1 Å². The second-order valence-corrected chi connectivity index (χ2v) is 4.83. The van der Waals surface area contributed by atoms with Gasteiger partial charge in [0.1, 0.15) is 5.82 Å². The monoisotopic (exact) mass is 287 g/mol. The minimum atomic E-state index is -1.24. The predicted molar refractivity (Wildman–Crippen MR) is 66.9 cm³/mol. The summed E-state index contributed by atoms with van der Waals surface area (Å²) in [5, 5.41) is 1.47. The zero-order valence-electron chi connectivity index (χ0n) is 10.8. The minimum absolute atomic E-state index is 0.0193. The van der Waals surface area contributed by atoms with Crippen molar-refractivity contribution in [1.82, 2.24) is 10.4 Å². The Bertz CT molecular complexity index is 504. The maximum absolute atomic E-state index is 13.5. The molecule has 1 heterocycles. The van der Waals surface area contributed by atoms with Gasteiger partial charge in [-0.15, -0.1) is 0 Å². The van der Waals surface area contributed by atoms with Crippen LogP contribution in [0.2, 0.25) is 0 Å². The van der Waals surface area contributed by atoms with Gasteiger partial charge in [0.2, 0.25) is 5.91 Å². The summed E-state index contributed by atoms with van der Waals surface area (Å²) in [6.45, 7) is 1.35. The highest BCUT2D eigenvalue weighted by molar-refractivity contribution is 5.76. The van der Waals surface area contributed by atoms with Crippen LogP contribution in [-0.4, -0.2) is 30.0 Å². The largest absolute Gasteiger partial charge is 0.327 e. The highest BCUT2D eigenvalue weighted by atomic mass is 19.2. The van der Waals surface area contributed by atoms with Gasteiger partial charge < -0.3 is 5.73 Å². The first-order valence-electron chi connectivity index (χ1n) is 6.40. The Balaban J connectivity index is 1.95. The second kappa shape index (κ2) is 6.23. The lowest BCUT2D eigenvalue weighted by molar-refractivity contribution is -0.133. The molecule has 0 unspecified atom stereocenters. The number of carbonyl (C=O) groups is 1. The first-order valence-corrected chi connectivity index (χ1v) is 6.40. The number of benzene rings is 1. The average molecular weight is 287 g/mol. The van der Waals surface area contributed by atoms with E-state index in [4.69, 9.17) is 5.73 Å². The van der Waals surface area contributed by atoms with E-state index in [2.05, 4.69) is 5.43 Å². The Labute approximate surface area is 114 Å². The van der Waals surface area contributed by atoms with Gasteiger partial charge in [0.25, 0.3) is 0 Å². The van der Waals surface area contributed by atoms with Gasteiger partial charge in [-0.1, -0.05) is 0 Å². The van der Waals surface area contributed by atoms with E-state index in [1.807, 2.05) is 0 Å². The molecule has 1 aromatic carbocycles. The van der Waals surface area contributed by atoms with Crippen LogP contribution in [0.5, 0.6) is 0 Å². The molecule has 1 aliphatic heterocycles. The van der Waals surface area contributed by atoms with E-state index in [1.54, 1.807) is 0 Å². The van der Waals surface area contributed by atoms with Gasteiger partial charge in [0, 0.05) is 31.6 Å². The van der Waals surface area contributed by atoms with Gasteiger partial charge in [-0.05, 0) is 24.5 Å². The number of halogens is 3. The fourth-order valence-electron chi connectivity index (χ4n) is 2.15. The molecule has 0 radical (unpaired) electrons. The van der Waals surface area contributed by atoms with Crippen LogP contribution in [0.4, 0.5) is 13.2 Å². The molecule has 1 aliphatic rings. The number of carbonyl (C=O) groups excluding carboxylic acids is 1. The maximum atomic E-state index is 13.5. The Morgan fingerprint density at radius 2 is 2.00 bits per heavy atom. The molecule has 20 heavy (non-hydrogen) atoms. The lowest BCUT2D eigenvalue weighted by Crippen LogP contribution is -2.40. The third-order valence-corrected chi connectivity index (χ3v) is 3.17. The minimum Gasteiger partial charge on any atom is -0.327 e. The van der Waals surface area contributed by atoms with Crippen molar-refractivity contribution in [1.29, 1.82) is 0 Å². The molecule has 1 atom stereocenters. The first kappa shape index (κ1) is 14.8. The average Bonchev–Trinajstić information content (AvgIpc) is 2.89. The number of hydrazine groups is 1. The van der Waals surface area contributed by atoms with E-state index < -0.39 is 23.5 Å². The summed E-state index contributed by atoms with van der Waals surface area (Å²) in [7, 11) is 0. The molecule has 4 nitrogen and oxygen atoms in total. The number of hydrogen-bond acceptors (Lipinski definition) is 3. The van der Waals surface area contributed by atoms with Crippen LogP contribution in [-0.2, 0) is 11.2 Å². The highest BCUT2D eigenvalue weighted by Gasteiger charge is 2.21. The third kappa shape index (κ3) is 3.49. The van der Waals surface area contributed by atoms with Crippen LogP contribution in [0.25, 0.3) is 0 Å². The highest BCUT2D eigenvalue weighted by Crippen LogP contribution is 2.16. The number of nitrogens with one attached hydrogen (secondary N) is 1. The van der Waals surface area contributed by atoms with Crippen molar-refractivity contribution in [2.24, 2.45) is 5.73 Å². The zero-order valence-corrected chi connectivity index (χ0v) is 10.8. The van der Waals surface area contributed by atoms with E-state index in [0.29, 0.717) is 12.6 Å². The molecule has 0 bridgehead atoms. The third-order valence-electron chi connectivity index (χ3n) is 3.17. The number of nitrogens with two attached hydrogens (primary N) is 1. The number of hydrogen-bond donors (Lipinski definition) is 2. The van der Waals surface area contributed by atoms with Gasteiger partial charge >= 0.3 is 0 Å². The van der Waals surface area contributed by atoms with Crippen LogP contribution < -0.4 is 11.2 Å². The zero-order chi connectivity index (χ0) is 14.7. The van der Waals surface area contributed by atoms with E-state index in [1.165, 1.54) is 5.01 Å². The molecule has 0 aliphatic carbocycles. The van der Waals surface area contributed by atoms with Crippen LogP contribution >= 0.6 is 0 Å². The van der Waals surface area contributed by atoms with Crippen LogP contribution in [0.15, 0.2) is 12.1 Å². The predicted octanol–water partition coefficient (Wildman–Crippen LogP) is 1.10. The Kier molecular flexibility index (Phi) is 4.61. The van der Waals surface area contributed by atoms with E-state index in [0.717, 1.165) is 19.0 Å². The van der Waals surface area contributed by atoms with Gasteiger partial charge in [0.05, 0.1) is 0 Å². The molecule has 1 saturated heterocycles. The fraction of sp³-hybridized carbons (Fsp3) is 0.462. The summed E-state index contributed by atoms with van der Waals surface area (Å²) in [5.74, 6) is -3.40. The van der Waals surface area contributed by atoms with Crippen molar-refractivity contribution in [3.63, 3.8) is 0 Å². The lowest BCUT2D eigenvalue weighted by atomic mass is 10.0. The number of amides is 1. The number of rotatable bonds is 4. The molecule has 3 N–H and O–H groups in total. The SMILES string of the molecule is N[C@@H](CC(=O)N1CCCN1)Cc1cc(F)c(F)cc1F. The second-order valence-electron chi connectivity index (χ2n) is 4.83. The van der Waals surface area contributed by atoms with Crippen LogP contribution in [0, 0.1) is 17.5 Å². The van der Waals surface area contributed by atoms with E-state index in [-0.39, 0.29) is 24.3 Å². The summed E-state index contributed by atoms with van der Waals surface area (Å²) in [6.07, 6.45) is 0.868. The Morgan fingerprint density at radius 3 is 2.65 bits per heavy atom. The molecule has 0 aromatic heterocycles. The molecule has 0 spiro atoms. The molecular formula is C13H16F3N3O. The van der Waals surface area contributed by atoms with Gasteiger partial charge in [-0.3, -0.25) is 9.80 Å². The first-order chi connectivity index (χ1) is 9.47. The van der Waals surface area contributed by atoms with Gasteiger partial charge in [-0.2, -0.15) is 0 Å². The van der Waals surface area contributed by atoms with Crippen LogP contribution in [0.1, 0.15) is 18.4 Å². The molecule has 7 heteroatoms. The summed E-state index contributed by atoms with van der Waals surface area (Å²) >= 11 is 0. The standard InChI is InChI=1S/C13H16F3N3O/c14-10-7-12(16)11(15)5-8(10)4-9(17)6-13(20)19-3-1-2-18-19/h5,7,9,18H,1-4,6,17H2/t9-/m1/s1. The van der Waals surface area contributed by atoms with Gasteiger partial charge in [0.15, 0.2) is 11.6 Å². The van der Waals surface area contributed by atoms with Crippen molar-refractivity contribution in [2.45, 2.75) is 25.3 Å². The maximum Gasteiger partial charge on any atom is 0.238 e. The topological polar surface area (TPSA) is 58.4 Å². The van der Waals surface area contributed by atoms with Crippen molar-refractivity contribution in [3.8, 4) is 0 Å². The Morgan fingerprint density at radius 1 is 1.30 bits per heavy atom. The summed E-state index contributed by atoms with van der Waals surface area (Å²) in [4.78, 5) is 11.8. The molecule has 1 fully saturated rings. The summed E-state index contributed by atoms with van der Waals surface area (Å²) < 4.78 is 39.3. The molecule has 2 rings (SSSR count). The van der Waals surface area contributed by atoms with E-state index in [9.17, 15) is 18.0 Å². The van der Waals surface area contributed by atoms with Crippen molar-refractivity contribution < 1.29 is 18.0 Å². The number of nitrogens with zero attached hydrogens (tertiary/aromatic N) is 1. The fourth-order valence-corrected chi connectivity index (χ4v) is 2.15. The van der Waals surface area contributed by atoms with Crippen LogP contribution in [0.3, 0.4) is 0 Å². The summed E-state index contributed by atoms with van der Waals surface area (Å²) in [6, 6.07) is 0.619. The lowest BCUT2D eigenvalue weighted by Gasteiger charge is -2.18. The normalized spacial score (nSPS) is 16.5. The molecule has 110 valence electrons. The molecule has 1 aromatic rings. The smallest absolute Gasteiger partial charge is 0.238 e. The summed E-state index contributed by atoms with van der Waals surface area (Å²) in [5.41, 5.74) is 8.64.